The summed E-state index contributed by atoms with van der Waals surface area (Å²) >= 11 is 1.47. The Kier molecular flexibility index (Phi) is 5.75. The number of carbonyl (C=O) groups is 1. The van der Waals surface area contributed by atoms with Gasteiger partial charge in [-0.2, -0.15) is 0 Å². The zero-order valence-corrected chi connectivity index (χ0v) is 16.9. The number of hydrogen-bond donors (Lipinski definition) is 1. The predicted octanol–water partition coefficient (Wildman–Crippen LogP) is 3.78. The van der Waals surface area contributed by atoms with Crippen LogP contribution in [0.5, 0.6) is 0 Å². The fourth-order valence-corrected chi connectivity index (χ4v) is 4.52. The number of thiazole rings is 1. The Morgan fingerprint density at radius 3 is 2.46 bits per heavy atom. The van der Waals surface area contributed by atoms with Gasteiger partial charge in [0.2, 0.25) is 5.91 Å². The summed E-state index contributed by atoms with van der Waals surface area (Å²) < 4.78 is 5.72. The summed E-state index contributed by atoms with van der Waals surface area (Å²) in [7, 11) is 0. The van der Waals surface area contributed by atoms with Crippen LogP contribution >= 0.6 is 11.3 Å². The highest BCUT2D eigenvalue weighted by Gasteiger charge is 2.24. The van der Waals surface area contributed by atoms with E-state index in [9.17, 15) is 4.79 Å². The minimum Gasteiger partial charge on any atom is -0.373 e. The summed E-state index contributed by atoms with van der Waals surface area (Å²) in [4.78, 5) is 19.2. The van der Waals surface area contributed by atoms with E-state index in [2.05, 4.69) is 48.1 Å². The molecule has 1 N–H and O–H groups in total. The van der Waals surface area contributed by atoms with Crippen LogP contribution in [0.25, 0.3) is 11.3 Å². The van der Waals surface area contributed by atoms with Gasteiger partial charge < -0.3 is 10.1 Å². The average molecular weight is 374 g/mol. The lowest BCUT2D eigenvalue weighted by molar-refractivity contribution is -0.121. The van der Waals surface area contributed by atoms with Crippen molar-refractivity contribution in [1.29, 1.82) is 0 Å². The highest BCUT2D eigenvalue weighted by Crippen LogP contribution is 2.31. The number of carbonyl (C=O) groups excluding carboxylic acids is 1. The van der Waals surface area contributed by atoms with Crippen molar-refractivity contribution < 1.29 is 9.53 Å². The van der Waals surface area contributed by atoms with E-state index in [1.54, 1.807) is 0 Å². The Bertz CT molecular complexity index is 769. The molecule has 0 bridgehead atoms. The van der Waals surface area contributed by atoms with Gasteiger partial charge in [-0.25, -0.2) is 4.98 Å². The molecule has 26 heavy (non-hydrogen) atoms. The van der Waals surface area contributed by atoms with E-state index >= 15 is 0 Å². The summed E-state index contributed by atoms with van der Waals surface area (Å²) in [5.41, 5.74) is 5.75. The van der Waals surface area contributed by atoms with E-state index in [4.69, 9.17) is 4.74 Å². The van der Waals surface area contributed by atoms with Crippen molar-refractivity contribution in [3.05, 3.63) is 34.2 Å². The third kappa shape index (κ3) is 4.50. The molecule has 6 heteroatoms. The summed E-state index contributed by atoms with van der Waals surface area (Å²) in [5.74, 6) is -0.0236. The van der Waals surface area contributed by atoms with Gasteiger partial charge in [-0.1, -0.05) is 17.7 Å². The highest BCUT2D eigenvalue weighted by molar-refractivity contribution is 7.14. The summed E-state index contributed by atoms with van der Waals surface area (Å²) in [6.45, 7) is 12.3. The minimum absolute atomic E-state index is 0.0236. The Morgan fingerprint density at radius 2 is 1.85 bits per heavy atom. The predicted molar refractivity (Wildman–Crippen MR) is 107 cm³/mol. The Balaban J connectivity index is 1.66. The van der Waals surface area contributed by atoms with Crippen LogP contribution in [0.1, 0.15) is 30.5 Å². The number of amides is 1. The molecule has 2 unspecified atom stereocenters. The number of nitrogens with zero attached hydrogens (tertiary/aromatic N) is 2. The van der Waals surface area contributed by atoms with Gasteiger partial charge in [0.25, 0.3) is 0 Å². The maximum atomic E-state index is 12.4. The molecular formula is C20H27N3O2S. The Morgan fingerprint density at radius 1 is 1.23 bits per heavy atom. The third-order valence-electron chi connectivity index (χ3n) is 4.55. The maximum Gasteiger partial charge on any atom is 0.240 e. The second kappa shape index (κ2) is 7.86. The molecule has 140 valence electrons. The maximum absolute atomic E-state index is 12.4. The molecule has 1 saturated heterocycles. The first-order chi connectivity index (χ1) is 12.3. The van der Waals surface area contributed by atoms with E-state index in [-0.39, 0.29) is 18.1 Å². The number of rotatable bonds is 4. The third-order valence-corrected chi connectivity index (χ3v) is 5.30. The van der Waals surface area contributed by atoms with Crippen LogP contribution in [-0.4, -0.2) is 47.6 Å². The van der Waals surface area contributed by atoms with Gasteiger partial charge >= 0.3 is 0 Å². The van der Waals surface area contributed by atoms with Crippen molar-refractivity contribution in [1.82, 2.24) is 9.88 Å². The number of aromatic nitrogens is 1. The molecule has 2 heterocycles. The van der Waals surface area contributed by atoms with E-state index in [1.807, 2.05) is 19.2 Å². The fraction of sp³-hybridized carbons (Fsp3) is 0.500. The van der Waals surface area contributed by atoms with Crippen LogP contribution in [0.15, 0.2) is 17.5 Å². The largest absolute Gasteiger partial charge is 0.373 e. The van der Waals surface area contributed by atoms with Gasteiger partial charge in [0.05, 0.1) is 24.4 Å². The van der Waals surface area contributed by atoms with E-state index in [0.717, 1.165) is 24.3 Å². The lowest BCUT2D eigenvalue weighted by Gasteiger charge is -2.34. The summed E-state index contributed by atoms with van der Waals surface area (Å²) in [6.07, 6.45) is 0.316. The van der Waals surface area contributed by atoms with Gasteiger partial charge in [0.1, 0.15) is 0 Å². The molecule has 5 nitrogen and oxygen atoms in total. The van der Waals surface area contributed by atoms with Crippen molar-refractivity contribution in [2.24, 2.45) is 0 Å². The second-order valence-electron chi connectivity index (χ2n) is 7.31. The van der Waals surface area contributed by atoms with Crippen molar-refractivity contribution in [2.45, 2.75) is 46.8 Å². The van der Waals surface area contributed by atoms with Gasteiger partial charge in [-0.15, -0.1) is 11.3 Å². The van der Waals surface area contributed by atoms with Gasteiger partial charge in [0.15, 0.2) is 5.13 Å². The molecule has 1 aliphatic heterocycles. The van der Waals surface area contributed by atoms with Gasteiger partial charge in [-0.3, -0.25) is 9.69 Å². The number of aryl methyl sites for hydroxylation is 3. The summed E-state index contributed by atoms with van der Waals surface area (Å²) in [5, 5.41) is 5.61. The second-order valence-corrected chi connectivity index (χ2v) is 8.17. The van der Waals surface area contributed by atoms with E-state index in [0.29, 0.717) is 11.7 Å². The van der Waals surface area contributed by atoms with E-state index < -0.39 is 0 Å². The molecule has 0 aliphatic carbocycles. The molecule has 3 rings (SSSR count). The zero-order chi connectivity index (χ0) is 18.8. The number of anilines is 1. The van der Waals surface area contributed by atoms with Crippen molar-refractivity contribution in [3.8, 4) is 11.3 Å². The lowest BCUT2D eigenvalue weighted by atomic mass is 9.98. The molecule has 0 radical (unpaired) electrons. The smallest absolute Gasteiger partial charge is 0.240 e. The molecule has 0 saturated carbocycles. The Labute approximate surface area is 159 Å². The molecule has 1 aliphatic rings. The molecule has 0 spiro atoms. The van der Waals surface area contributed by atoms with Crippen molar-refractivity contribution in [3.63, 3.8) is 0 Å². The van der Waals surface area contributed by atoms with Crippen molar-refractivity contribution in [2.75, 3.05) is 25.0 Å². The number of hydrogen-bond acceptors (Lipinski definition) is 5. The molecular weight excluding hydrogens is 346 g/mol. The molecule has 1 fully saturated rings. The molecule has 1 amide bonds. The lowest BCUT2D eigenvalue weighted by Crippen LogP contribution is -2.48. The number of ether oxygens (including phenoxy) is 1. The normalized spacial score (nSPS) is 21.0. The quantitative estimate of drug-likeness (QED) is 0.886. The van der Waals surface area contributed by atoms with Crippen LogP contribution in [0.3, 0.4) is 0 Å². The number of benzene rings is 1. The van der Waals surface area contributed by atoms with Crippen LogP contribution in [-0.2, 0) is 9.53 Å². The fourth-order valence-electron chi connectivity index (χ4n) is 3.81. The average Bonchev–Trinajstić information content (AvgIpc) is 2.92. The van der Waals surface area contributed by atoms with E-state index in [1.165, 1.54) is 28.0 Å². The number of nitrogens with one attached hydrogen (secondary N) is 1. The van der Waals surface area contributed by atoms with Crippen LogP contribution in [0.2, 0.25) is 0 Å². The first-order valence-electron chi connectivity index (χ1n) is 9.03. The monoisotopic (exact) mass is 373 g/mol. The Hall–Kier alpha value is -1.76. The number of morpholine rings is 1. The first-order valence-corrected chi connectivity index (χ1v) is 9.91. The zero-order valence-electron chi connectivity index (χ0n) is 16.1. The highest BCUT2D eigenvalue weighted by atomic mass is 32.1. The van der Waals surface area contributed by atoms with Crippen LogP contribution in [0, 0.1) is 20.8 Å². The minimum atomic E-state index is -0.0236. The van der Waals surface area contributed by atoms with Gasteiger partial charge in [0, 0.05) is 24.0 Å². The van der Waals surface area contributed by atoms with Crippen LogP contribution < -0.4 is 5.32 Å². The standard InChI is InChI=1S/C20H27N3O2S/c1-12-6-13(2)19(14(3)7-12)17-11-26-20(21-17)22-18(24)10-23-8-15(4)25-16(5)9-23/h6-7,11,15-16H,8-10H2,1-5H3,(H,21,22,24). The topological polar surface area (TPSA) is 54.5 Å². The molecule has 1 aromatic carbocycles. The van der Waals surface area contributed by atoms with Crippen LogP contribution in [0.4, 0.5) is 5.13 Å². The molecule has 2 aromatic rings. The van der Waals surface area contributed by atoms with Crippen molar-refractivity contribution >= 4 is 22.4 Å². The van der Waals surface area contributed by atoms with Gasteiger partial charge in [-0.05, 0) is 45.7 Å². The molecule has 1 aromatic heterocycles. The SMILES string of the molecule is Cc1cc(C)c(-c2csc(NC(=O)CN3CC(C)OC(C)C3)n2)c(C)c1. The first kappa shape index (κ1) is 19.0. The molecule has 2 atom stereocenters. The summed E-state index contributed by atoms with van der Waals surface area (Å²) in [6, 6.07) is 4.33.